The molecule has 4 rings (SSSR count). The molecule has 148 valence electrons. The Hall–Kier alpha value is -1.34. The maximum absolute atomic E-state index is 13.0. The van der Waals surface area contributed by atoms with Crippen molar-refractivity contribution < 1.29 is 9.53 Å². The van der Waals surface area contributed by atoms with Crippen molar-refractivity contribution in [3.05, 3.63) is 29.3 Å². The van der Waals surface area contributed by atoms with E-state index in [0.717, 1.165) is 51.4 Å². The Morgan fingerprint density at radius 1 is 1.19 bits per heavy atom. The monoisotopic (exact) mass is 392 g/mol. The molecule has 3 unspecified atom stereocenters. The number of para-hydroxylation sites is 1. The van der Waals surface area contributed by atoms with Gasteiger partial charge in [0.1, 0.15) is 12.4 Å². The molecule has 1 aliphatic carbocycles. The SMILES string of the molecule is O=C(C1CCCC2CNNC21)N1CCN(CCOc2ccccc2Cl)CC1. The van der Waals surface area contributed by atoms with Crippen LogP contribution in [0.5, 0.6) is 5.75 Å². The van der Waals surface area contributed by atoms with E-state index in [1.54, 1.807) is 0 Å². The number of nitrogens with one attached hydrogen (secondary N) is 2. The second-order valence-electron chi connectivity index (χ2n) is 7.79. The zero-order valence-electron chi connectivity index (χ0n) is 15.7. The molecule has 0 aromatic heterocycles. The van der Waals surface area contributed by atoms with E-state index in [0.29, 0.717) is 29.5 Å². The molecule has 3 fully saturated rings. The van der Waals surface area contributed by atoms with Crippen LogP contribution in [0.4, 0.5) is 0 Å². The standard InChI is InChI=1S/C20H29ClN4O2/c21-17-6-1-2-7-18(17)27-13-12-24-8-10-25(11-9-24)20(26)16-5-3-4-15-14-22-23-19(15)16/h1-2,6-7,15-16,19,22-23H,3-5,8-14H2. The van der Waals surface area contributed by atoms with Crippen molar-refractivity contribution in [1.29, 1.82) is 0 Å². The first-order chi connectivity index (χ1) is 13.2. The van der Waals surface area contributed by atoms with Gasteiger partial charge in [0.15, 0.2) is 0 Å². The van der Waals surface area contributed by atoms with E-state index in [1.807, 2.05) is 24.3 Å². The largest absolute Gasteiger partial charge is 0.491 e. The van der Waals surface area contributed by atoms with Crippen molar-refractivity contribution in [2.24, 2.45) is 11.8 Å². The van der Waals surface area contributed by atoms with Gasteiger partial charge in [-0.15, -0.1) is 0 Å². The van der Waals surface area contributed by atoms with Crippen LogP contribution in [0, 0.1) is 11.8 Å². The van der Waals surface area contributed by atoms with Gasteiger partial charge in [-0.1, -0.05) is 30.2 Å². The summed E-state index contributed by atoms with van der Waals surface area (Å²) in [4.78, 5) is 17.5. The quantitative estimate of drug-likeness (QED) is 0.799. The van der Waals surface area contributed by atoms with Crippen LogP contribution < -0.4 is 15.6 Å². The van der Waals surface area contributed by atoms with E-state index < -0.39 is 0 Å². The zero-order chi connectivity index (χ0) is 18.6. The minimum absolute atomic E-state index is 0.133. The summed E-state index contributed by atoms with van der Waals surface area (Å²) in [6.07, 6.45) is 3.41. The molecule has 0 bridgehead atoms. The summed E-state index contributed by atoms with van der Waals surface area (Å²) in [7, 11) is 0. The average molecular weight is 393 g/mol. The molecule has 2 saturated heterocycles. The molecule has 1 saturated carbocycles. The fourth-order valence-corrected chi connectivity index (χ4v) is 4.78. The van der Waals surface area contributed by atoms with Crippen LogP contribution in [0.2, 0.25) is 5.02 Å². The first-order valence-corrected chi connectivity index (χ1v) is 10.5. The highest BCUT2D eigenvalue weighted by Gasteiger charge is 2.41. The van der Waals surface area contributed by atoms with Gasteiger partial charge in [0.2, 0.25) is 5.91 Å². The Labute approximate surface area is 166 Å². The molecule has 2 aliphatic heterocycles. The number of halogens is 1. The summed E-state index contributed by atoms with van der Waals surface area (Å²) < 4.78 is 5.79. The Morgan fingerprint density at radius 3 is 2.81 bits per heavy atom. The van der Waals surface area contributed by atoms with Gasteiger partial charge in [-0.05, 0) is 30.9 Å². The maximum atomic E-state index is 13.0. The topological polar surface area (TPSA) is 56.8 Å². The van der Waals surface area contributed by atoms with Crippen LogP contribution in [-0.2, 0) is 4.79 Å². The molecular weight excluding hydrogens is 364 g/mol. The molecule has 27 heavy (non-hydrogen) atoms. The predicted octanol–water partition coefficient (Wildman–Crippen LogP) is 1.76. The molecule has 2 heterocycles. The zero-order valence-corrected chi connectivity index (χ0v) is 16.5. The lowest BCUT2D eigenvalue weighted by atomic mass is 9.77. The minimum atomic E-state index is 0.133. The minimum Gasteiger partial charge on any atom is -0.491 e. The van der Waals surface area contributed by atoms with Gasteiger partial charge in [0, 0.05) is 45.3 Å². The van der Waals surface area contributed by atoms with Crippen molar-refractivity contribution in [1.82, 2.24) is 20.7 Å². The highest BCUT2D eigenvalue weighted by Crippen LogP contribution is 2.32. The number of rotatable bonds is 5. The molecule has 3 aliphatic rings. The first-order valence-electron chi connectivity index (χ1n) is 10.1. The van der Waals surface area contributed by atoms with Gasteiger partial charge in [-0.2, -0.15) is 0 Å². The Morgan fingerprint density at radius 2 is 2.00 bits per heavy atom. The van der Waals surface area contributed by atoms with Crippen molar-refractivity contribution >= 4 is 17.5 Å². The van der Waals surface area contributed by atoms with Crippen LogP contribution in [0.15, 0.2) is 24.3 Å². The van der Waals surface area contributed by atoms with Crippen LogP contribution in [0.1, 0.15) is 19.3 Å². The molecule has 3 atom stereocenters. The molecule has 0 radical (unpaired) electrons. The van der Waals surface area contributed by atoms with Crippen LogP contribution in [-0.4, -0.2) is 67.6 Å². The number of ether oxygens (including phenoxy) is 1. The molecular formula is C20H29ClN4O2. The summed E-state index contributed by atoms with van der Waals surface area (Å²) in [5, 5.41) is 0.647. The number of hydrazine groups is 1. The lowest BCUT2D eigenvalue weighted by Crippen LogP contribution is -2.54. The van der Waals surface area contributed by atoms with E-state index in [-0.39, 0.29) is 5.92 Å². The molecule has 1 aromatic rings. The number of carbonyl (C=O) groups is 1. The average Bonchev–Trinajstić information content (AvgIpc) is 3.18. The molecule has 1 amide bonds. The number of hydrogen-bond acceptors (Lipinski definition) is 5. The highest BCUT2D eigenvalue weighted by molar-refractivity contribution is 6.32. The van der Waals surface area contributed by atoms with Gasteiger partial charge in [0.05, 0.1) is 10.9 Å². The first kappa shape index (κ1) is 19.0. The summed E-state index contributed by atoms with van der Waals surface area (Å²) in [6, 6.07) is 7.87. The predicted molar refractivity (Wildman–Crippen MR) is 106 cm³/mol. The molecule has 0 spiro atoms. The Balaban J connectivity index is 1.22. The number of fused-ring (bicyclic) bond motifs is 1. The molecule has 2 N–H and O–H groups in total. The van der Waals surface area contributed by atoms with Crippen LogP contribution in [0.25, 0.3) is 0 Å². The van der Waals surface area contributed by atoms with E-state index >= 15 is 0 Å². The van der Waals surface area contributed by atoms with Crippen molar-refractivity contribution in [3.8, 4) is 5.75 Å². The second kappa shape index (κ2) is 8.78. The fourth-order valence-electron chi connectivity index (χ4n) is 4.59. The fraction of sp³-hybridized carbons (Fsp3) is 0.650. The lowest BCUT2D eigenvalue weighted by molar-refractivity contribution is -0.139. The summed E-state index contributed by atoms with van der Waals surface area (Å²) in [6.45, 7) is 5.90. The summed E-state index contributed by atoms with van der Waals surface area (Å²) >= 11 is 6.12. The Bertz CT molecular complexity index is 651. The molecule has 6 nitrogen and oxygen atoms in total. The number of hydrogen-bond donors (Lipinski definition) is 2. The van der Waals surface area contributed by atoms with E-state index in [1.165, 1.54) is 12.8 Å². The van der Waals surface area contributed by atoms with Gasteiger partial charge < -0.3 is 9.64 Å². The van der Waals surface area contributed by atoms with Gasteiger partial charge in [0.25, 0.3) is 0 Å². The molecule has 7 heteroatoms. The van der Waals surface area contributed by atoms with Crippen molar-refractivity contribution in [3.63, 3.8) is 0 Å². The van der Waals surface area contributed by atoms with Crippen LogP contribution >= 0.6 is 11.6 Å². The number of benzene rings is 1. The normalized spacial score (nSPS) is 28.8. The van der Waals surface area contributed by atoms with Gasteiger partial charge in [-0.25, -0.2) is 0 Å². The lowest BCUT2D eigenvalue weighted by Gasteiger charge is -2.39. The van der Waals surface area contributed by atoms with Gasteiger partial charge in [-0.3, -0.25) is 20.5 Å². The summed E-state index contributed by atoms with van der Waals surface area (Å²) in [5.74, 6) is 1.81. The number of amides is 1. The molecule has 1 aromatic carbocycles. The van der Waals surface area contributed by atoms with E-state index in [2.05, 4.69) is 20.7 Å². The maximum Gasteiger partial charge on any atom is 0.227 e. The van der Waals surface area contributed by atoms with Crippen molar-refractivity contribution in [2.75, 3.05) is 45.9 Å². The third-order valence-corrected chi connectivity index (χ3v) is 6.48. The van der Waals surface area contributed by atoms with E-state index in [9.17, 15) is 4.79 Å². The van der Waals surface area contributed by atoms with E-state index in [4.69, 9.17) is 16.3 Å². The number of piperazine rings is 1. The van der Waals surface area contributed by atoms with Crippen LogP contribution in [0.3, 0.4) is 0 Å². The Kier molecular flexibility index (Phi) is 6.18. The number of nitrogens with zero attached hydrogens (tertiary/aromatic N) is 2. The summed E-state index contributed by atoms with van der Waals surface area (Å²) in [5.41, 5.74) is 6.60. The van der Waals surface area contributed by atoms with Crippen molar-refractivity contribution in [2.45, 2.75) is 25.3 Å². The third-order valence-electron chi connectivity index (χ3n) is 6.17. The highest BCUT2D eigenvalue weighted by atomic mass is 35.5. The third kappa shape index (κ3) is 4.40. The smallest absolute Gasteiger partial charge is 0.227 e. The second-order valence-corrected chi connectivity index (χ2v) is 8.20. The number of carbonyl (C=O) groups excluding carboxylic acids is 1. The van der Waals surface area contributed by atoms with Gasteiger partial charge >= 0.3 is 0 Å².